The third kappa shape index (κ3) is 2.30. The molecule has 1 N–H and O–H groups in total. The molecule has 3 rings (SSSR count). The van der Waals surface area contributed by atoms with E-state index >= 15 is 0 Å². The van der Waals surface area contributed by atoms with Crippen LogP contribution in [-0.2, 0) is 15.5 Å². The van der Waals surface area contributed by atoms with Gasteiger partial charge in [-0.2, -0.15) is 0 Å². The molecule has 0 aliphatic carbocycles. The number of aromatic hydroxyl groups is 1. The standard InChI is InChI=1S/C14H19NO3S/c1-2-5-15-6-7-18-14-11-8-10(16)3-4-13(11)19(17)9-12(14)15/h3-4,8,12,14,16H,2,5-7,9H2,1H3. The van der Waals surface area contributed by atoms with Gasteiger partial charge in [-0.25, -0.2) is 0 Å². The van der Waals surface area contributed by atoms with Gasteiger partial charge in [-0.1, -0.05) is 6.92 Å². The lowest BCUT2D eigenvalue weighted by Crippen LogP contribution is -2.51. The molecular weight excluding hydrogens is 262 g/mol. The Bertz CT molecular complexity index is 503. The molecule has 2 heterocycles. The maximum atomic E-state index is 12.3. The highest BCUT2D eigenvalue weighted by atomic mass is 32.2. The monoisotopic (exact) mass is 281 g/mol. The molecule has 1 saturated heterocycles. The zero-order valence-electron chi connectivity index (χ0n) is 11.0. The van der Waals surface area contributed by atoms with Gasteiger partial charge in [-0.3, -0.25) is 9.11 Å². The summed E-state index contributed by atoms with van der Waals surface area (Å²) < 4.78 is 18.2. The third-order valence-electron chi connectivity index (χ3n) is 3.87. The number of hydrogen-bond acceptors (Lipinski definition) is 4. The van der Waals surface area contributed by atoms with Crippen molar-refractivity contribution in [2.75, 3.05) is 25.4 Å². The molecule has 0 spiro atoms. The molecule has 0 saturated carbocycles. The molecule has 0 radical (unpaired) electrons. The molecule has 4 nitrogen and oxygen atoms in total. The van der Waals surface area contributed by atoms with Gasteiger partial charge in [0.1, 0.15) is 11.9 Å². The molecule has 104 valence electrons. The predicted molar refractivity (Wildman–Crippen MR) is 73.7 cm³/mol. The highest BCUT2D eigenvalue weighted by Crippen LogP contribution is 2.38. The van der Waals surface area contributed by atoms with E-state index in [1.165, 1.54) is 0 Å². The molecule has 0 amide bonds. The third-order valence-corrected chi connectivity index (χ3v) is 5.38. The van der Waals surface area contributed by atoms with E-state index in [1.54, 1.807) is 18.2 Å². The first-order chi connectivity index (χ1) is 9.20. The van der Waals surface area contributed by atoms with Crippen LogP contribution >= 0.6 is 0 Å². The second-order valence-electron chi connectivity index (χ2n) is 5.13. The van der Waals surface area contributed by atoms with Gasteiger partial charge < -0.3 is 9.84 Å². The summed E-state index contributed by atoms with van der Waals surface area (Å²) in [6.07, 6.45) is 1.03. The second kappa shape index (κ2) is 5.23. The largest absolute Gasteiger partial charge is 0.508 e. The van der Waals surface area contributed by atoms with Gasteiger partial charge in [0.2, 0.25) is 0 Å². The first-order valence-electron chi connectivity index (χ1n) is 6.77. The van der Waals surface area contributed by atoms with Gasteiger partial charge >= 0.3 is 0 Å². The van der Waals surface area contributed by atoms with Crippen molar-refractivity contribution in [3.8, 4) is 5.75 Å². The fourth-order valence-corrected chi connectivity index (χ4v) is 4.56. The molecule has 0 aromatic heterocycles. The molecule has 5 heteroatoms. The van der Waals surface area contributed by atoms with Crippen LogP contribution in [0.5, 0.6) is 5.75 Å². The van der Waals surface area contributed by atoms with Crippen molar-refractivity contribution in [1.29, 1.82) is 0 Å². The van der Waals surface area contributed by atoms with E-state index in [1.807, 2.05) is 0 Å². The van der Waals surface area contributed by atoms with E-state index in [0.717, 1.165) is 30.0 Å². The fraction of sp³-hybridized carbons (Fsp3) is 0.571. The van der Waals surface area contributed by atoms with E-state index in [9.17, 15) is 9.32 Å². The topological polar surface area (TPSA) is 49.8 Å². The molecule has 1 aromatic rings. The van der Waals surface area contributed by atoms with Gasteiger partial charge in [-0.15, -0.1) is 0 Å². The fourth-order valence-electron chi connectivity index (χ4n) is 3.03. The molecule has 2 aliphatic rings. The Morgan fingerprint density at radius 3 is 3.16 bits per heavy atom. The van der Waals surface area contributed by atoms with Crippen LogP contribution in [0.1, 0.15) is 25.0 Å². The Balaban J connectivity index is 1.99. The van der Waals surface area contributed by atoms with E-state index in [2.05, 4.69) is 11.8 Å². The van der Waals surface area contributed by atoms with Crippen LogP contribution in [0.4, 0.5) is 0 Å². The quantitative estimate of drug-likeness (QED) is 0.896. The molecule has 1 aromatic carbocycles. The Hall–Kier alpha value is -0.910. The lowest BCUT2D eigenvalue weighted by atomic mass is 9.99. The SMILES string of the molecule is CCCN1CCOC2c3cc(O)ccc3S(=O)CC21. The number of rotatable bonds is 2. The Kier molecular flexibility index (Phi) is 3.60. The summed E-state index contributed by atoms with van der Waals surface area (Å²) in [7, 11) is -0.999. The average Bonchev–Trinajstić information content (AvgIpc) is 2.40. The second-order valence-corrected chi connectivity index (χ2v) is 6.59. The first-order valence-corrected chi connectivity index (χ1v) is 8.09. The Morgan fingerprint density at radius 2 is 2.37 bits per heavy atom. The Labute approximate surface area is 115 Å². The lowest BCUT2D eigenvalue weighted by Gasteiger charge is -2.44. The summed E-state index contributed by atoms with van der Waals surface area (Å²) >= 11 is 0. The van der Waals surface area contributed by atoms with Crippen LogP contribution < -0.4 is 0 Å². The number of nitrogens with zero attached hydrogens (tertiary/aromatic N) is 1. The van der Waals surface area contributed by atoms with Crippen LogP contribution in [-0.4, -0.2) is 45.7 Å². The first kappa shape index (κ1) is 13.1. The van der Waals surface area contributed by atoms with Crippen LogP contribution in [0.2, 0.25) is 0 Å². The summed E-state index contributed by atoms with van der Waals surface area (Å²) in [5.41, 5.74) is 0.899. The number of phenols is 1. The summed E-state index contributed by atoms with van der Waals surface area (Å²) in [6.45, 7) is 4.77. The van der Waals surface area contributed by atoms with Gasteiger partial charge in [0.15, 0.2) is 0 Å². The van der Waals surface area contributed by atoms with Crippen molar-refractivity contribution in [3.05, 3.63) is 23.8 Å². The van der Waals surface area contributed by atoms with Gasteiger partial charge in [0, 0.05) is 22.8 Å². The van der Waals surface area contributed by atoms with E-state index in [-0.39, 0.29) is 17.9 Å². The summed E-state index contributed by atoms with van der Waals surface area (Å²) in [5.74, 6) is 0.843. The van der Waals surface area contributed by atoms with Gasteiger partial charge in [0.05, 0.1) is 23.4 Å². The molecule has 0 bridgehead atoms. The number of ether oxygens (including phenoxy) is 1. The molecular formula is C14H19NO3S. The molecule has 19 heavy (non-hydrogen) atoms. The van der Waals surface area contributed by atoms with E-state index < -0.39 is 10.8 Å². The van der Waals surface area contributed by atoms with Crippen molar-refractivity contribution in [1.82, 2.24) is 4.90 Å². The van der Waals surface area contributed by atoms with Crippen molar-refractivity contribution in [2.45, 2.75) is 30.4 Å². The minimum absolute atomic E-state index is 0.0555. The summed E-state index contributed by atoms with van der Waals surface area (Å²) in [4.78, 5) is 3.19. The predicted octanol–water partition coefficient (Wildman–Crippen LogP) is 1.67. The Morgan fingerprint density at radius 1 is 1.53 bits per heavy atom. The minimum atomic E-state index is -0.999. The minimum Gasteiger partial charge on any atom is -0.508 e. The number of hydrogen-bond donors (Lipinski definition) is 1. The number of morpholine rings is 1. The van der Waals surface area contributed by atoms with Crippen LogP contribution in [0.25, 0.3) is 0 Å². The smallest absolute Gasteiger partial charge is 0.116 e. The maximum absolute atomic E-state index is 12.3. The highest BCUT2D eigenvalue weighted by molar-refractivity contribution is 7.85. The molecule has 3 unspecified atom stereocenters. The number of fused-ring (bicyclic) bond motifs is 3. The number of benzene rings is 1. The van der Waals surface area contributed by atoms with Crippen molar-refractivity contribution >= 4 is 10.8 Å². The molecule has 3 atom stereocenters. The summed E-state index contributed by atoms with van der Waals surface area (Å²) in [6, 6.07) is 5.24. The number of phenolic OH excluding ortho intramolecular Hbond substituents is 1. The van der Waals surface area contributed by atoms with E-state index in [4.69, 9.17) is 4.74 Å². The van der Waals surface area contributed by atoms with Gasteiger partial charge in [0.25, 0.3) is 0 Å². The summed E-state index contributed by atoms with van der Waals surface area (Å²) in [5, 5.41) is 9.67. The van der Waals surface area contributed by atoms with Crippen LogP contribution in [0, 0.1) is 0 Å². The zero-order chi connectivity index (χ0) is 13.4. The van der Waals surface area contributed by atoms with Crippen molar-refractivity contribution in [2.24, 2.45) is 0 Å². The van der Waals surface area contributed by atoms with Gasteiger partial charge in [-0.05, 0) is 31.2 Å². The van der Waals surface area contributed by atoms with Crippen molar-refractivity contribution < 1.29 is 14.1 Å². The zero-order valence-corrected chi connectivity index (χ0v) is 11.9. The van der Waals surface area contributed by atoms with E-state index in [0.29, 0.717) is 12.4 Å². The normalized spacial score (nSPS) is 30.7. The molecule has 1 fully saturated rings. The molecule has 2 aliphatic heterocycles. The highest BCUT2D eigenvalue weighted by Gasteiger charge is 2.40. The lowest BCUT2D eigenvalue weighted by molar-refractivity contribution is -0.0682. The van der Waals surface area contributed by atoms with Crippen LogP contribution in [0.15, 0.2) is 23.1 Å². The average molecular weight is 281 g/mol. The van der Waals surface area contributed by atoms with Crippen LogP contribution in [0.3, 0.4) is 0 Å². The van der Waals surface area contributed by atoms with Crippen molar-refractivity contribution in [3.63, 3.8) is 0 Å². The maximum Gasteiger partial charge on any atom is 0.116 e.